The number of phenols is 2. The summed E-state index contributed by atoms with van der Waals surface area (Å²) in [4.78, 5) is 29.1. The lowest BCUT2D eigenvalue weighted by Gasteiger charge is -2.45. The average molecular weight is 508 g/mol. The van der Waals surface area contributed by atoms with Gasteiger partial charge in [0.2, 0.25) is 5.75 Å². The zero-order chi connectivity index (χ0) is 26.5. The molecule has 36 heavy (non-hydrogen) atoms. The number of esters is 1. The Bertz CT molecular complexity index is 1150. The first-order chi connectivity index (χ1) is 17.0. The SMILES string of the molecule is COc1c(O)c(CC2C(NO)=NC(C(C)=O)=CC2C)c2c(c1O)[C@@H]1O[C@H](CO)[C@@H](O)[C@H](O)[C@H]1OC2=O. The minimum absolute atomic E-state index is 0.0188. The highest BCUT2D eigenvalue weighted by Gasteiger charge is 2.53. The third kappa shape index (κ3) is 3.98. The van der Waals surface area contributed by atoms with Crippen LogP contribution in [0.15, 0.2) is 16.8 Å². The van der Waals surface area contributed by atoms with Crippen molar-refractivity contribution in [2.45, 2.75) is 50.8 Å². The van der Waals surface area contributed by atoms with Crippen molar-refractivity contribution in [1.29, 1.82) is 0 Å². The van der Waals surface area contributed by atoms with Crippen molar-refractivity contribution in [1.82, 2.24) is 5.48 Å². The number of nitrogens with one attached hydrogen (secondary N) is 1. The van der Waals surface area contributed by atoms with Gasteiger partial charge in [-0.3, -0.25) is 15.5 Å². The third-order valence-electron chi connectivity index (χ3n) is 6.89. The van der Waals surface area contributed by atoms with Gasteiger partial charge >= 0.3 is 5.97 Å². The van der Waals surface area contributed by atoms with Gasteiger partial charge in [0, 0.05) is 24.0 Å². The molecule has 0 amide bonds. The molecule has 1 saturated heterocycles. The lowest BCUT2D eigenvalue weighted by Crippen LogP contribution is -2.58. The predicted molar refractivity (Wildman–Crippen MR) is 120 cm³/mol. The predicted octanol–water partition coefficient (Wildman–Crippen LogP) is -0.542. The number of ketones is 1. The topological polar surface area (TPSA) is 208 Å². The number of aliphatic hydroxyl groups excluding tert-OH is 3. The second kappa shape index (κ2) is 9.67. The van der Waals surface area contributed by atoms with Gasteiger partial charge in [-0.15, -0.1) is 0 Å². The second-order valence-corrected chi connectivity index (χ2v) is 9.01. The molecular weight excluding hydrogens is 480 g/mol. The van der Waals surface area contributed by atoms with Gasteiger partial charge < -0.3 is 39.7 Å². The van der Waals surface area contributed by atoms with Gasteiger partial charge in [0.25, 0.3) is 0 Å². The molecule has 3 aliphatic rings. The molecule has 0 spiro atoms. The number of hydroxylamine groups is 1. The monoisotopic (exact) mass is 508 g/mol. The number of hydrogen-bond acceptors (Lipinski definition) is 13. The molecule has 7 N–H and O–H groups in total. The van der Waals surface area contributed by atoms with E-state index in [4.69, 9.17) is 14.2 Å². The van der Waals surface area contributed by atoms with Crippen molar-refractivity contribution in [2.24, 2.45) is 16.8 Å². The van der Waals surface area contributed by atoms with Crippen LogP contribution in [0.4, 0.5) is 0 Å². The van der Waals surface area contributed by atoms with E-state index >= 15 is 0 Å². The summed E-state index contributed by atoms with van der Waals surface area (Å²) in [5.74, 6) is -3.92. The molecule has 3 heterocycles. The Balaban J connectivity index is 1.86. The van der Waals surface area contributed by atoms with Gasteiger partial charge in [-0.2, -0.15) is 0 Å². The molecule has 3 aliphatic heterocycles. The van der Waals surface area contributed by atoms with E-state index in [2.05, 4.69) is 4.99 Å². The number of nitrogens with zero attached hydrogens (tertiary/aromatic N) is 1. The van der Waals surface area contributed by atoms with Gasteiger partial charge in [-0.1, -0.05) is 13.0 Å². The Kier molecular flexibility index (Phi) is 6.94. The van der Waals surface area contributed by atoms with Crippen LogP contribution in [0.5, 0.6) is 17.2 Å². The van der Waals surface area contributed by atoms with Crippen LogP contribution >= 0.6 is 0 Å². The molecule has 0 aromatic heterocycles. The Hall–Kier alpha value is -3.23. The Morgan fingerprint density at radius 2 is 1.92 bits per heavy atom. The number of benzene rings is 1. The van der Waals surface area contributed by atoms with E-state index in [0.29, 0.717) is 0 Å². The highest BCUT2D eigenvalue weighted by molar-refractivity contribution is 6.00. The van der Waals surface area contributed by atoms with E-state index in [1.165, 1.54) is 14.0 Å². The highest BCUT2D eigenvalue weighted by Crippen LogP contribution is 2.52. The summed E-state index contributed by atoms with van der Waals surface area (Å²) in [6.07, 6.45) is -5.70. The number of hydrogen-bond donors (Lipinski definition) is 7. The maximum absolute atomic E-state index is 13.1. The number of allylic oxidation sites excluding steroid dienone is 2. The van der Waals surface area contributed by atoms with Crippen LogP contribution in [0, 0.1) is 11.8 Å². The first-order valence-corrected chi connectivity index (χ1v) is 11.2. The number of methoxy groups -OCH3 is 1. The number of carbonyl (C=O) groups is 2. The largest absolute Gasteiger partial charge is 0.504 e. The fourth-order valence-corrected chi connectivity index (χ4v) is 4.98. The normalized spacial score (nSPS) is 31.4. The van der Waals surface area contributed by atoms with E-state index in [1.54, 1.807) is 13.0 Å². The maximum Gasteiger partial charge on any atom is 0.339 e. The Morgan fingerprint density at radius 1 is 1.22 bits per heavy atom. The molecule has 13 heteroatoms. The fourth-order valence-electron chi connectivity index (χ4n) is 4.98. The van der Waals surface area contributed by atoms with Crippen molar-refractivity contribution >= 4 is 17.6 Å². The lowest BCUT2D eigenvalue weighted by atomic mass is 9.79. The van der Waals surface area contributed by atoms with E-state index in [1.807, 2.05) is 5.48 Å². The molecule has 0 aliphatic carbocycles. The van der Waals surface area contributed by atoms with Gasteiger partial charge in [-0.25, -0.2) is 9.79 Å². The van der Waals surface area contributed by atoms with E-state index in [-0.39, 0.29) is 52.1 Å². The zero-order valence-electron chi connectivity index (χ0n) is 19.7. The first kappa shape index (κ1) is 25.9. The molecule has 7 atom stereocenters. The highest BCUT2D eigenvalue weighted by atomic mass is 16.6. The Labute approximate surface area is 205 Å². The third-order valence-corrected chi connectivity index (χ3v) is 6.89. The van der Waals surface area contributed by atoms with Gasteiger partial charge in [0.05, 0.1) is 19.3 Å². The van der Waals surface area contributed by atoms with Crippen LogP contribution < -0.4 is 10.2 Å². The zero-order valence-corrected chi connectivity index (χ0v) is 19.7. The van der Waals surface area contributed by atoms with Gasteiger partial charge in [-0.05, 0) is 12.3 Å². The summed E-state index contributed by atoms with van der Waals surface area (Å²) >= 11 is 0. The van der Waals surface area contributed by atoms with Crippen molar-refractivity contribution in [3.05, 3.63) is 28.5 Å². The maximum atomic E-state index is 13.1. The molecule has 196 valence electrons. The molecular formula is C23H28N2O11. The summed E-state index contributed by atoms with van der Waals surface area (Å²) in [6, 6.07) is 0. The molecule has 2 unspecified atom stereocenters. The van der Waals surface area contributed by atoms with Crippen molar-refractivity contribution in [3.8, 4) is 17.2 Å². The molecule has 4 rings (SSSR count). The molecule has 0 radical (unpaired) electrons. The summed E-state index contributed by atoms with van der Waals surface area (Å²) < 4.78 is 16.3. The van der Waals surface area contributed by atoms with Crippen LogP contribution in [0.3, 0.4) is 0 Å². The number of phenolic OH excluding ortho intramolecular Hbond substituents is 2. The second-order valence-electron chi connectivity index (χ2n) is 9.01. The van der Waals surface area contributed by atoms with E-state index < -0.39 is 60.5 Å². The minimum Gasteiger partial charge on any atom is -0.504 e. The van der Waals surface area contributed by atoms with Crippen molar-refractivity contribution < 1.29 is 54.5 Å². The van der Waals surface area contributed by atoms with E-state index in [0.717, 1.165) is 0 Å². The summed E-state index contributed by atoms with van der Waals surface area (Å²) in [5, 5.41) is 62.0. The number of aromatic hydroxyl groups is 2. The summed E-state index contributed by atoms with van der Waals surface area (Å²) in [6.45, 7) is 2.41. The molecule has 1 fully saturated rings. The number of rotatable bonds is 5. The van der Waals surface area contributed by atoms with Gasteiger partial charge in [0.15, 0.2) is 23.4 Å². The average Bonchev–Trinajstić information content (AvgIpc) is 2.84. The molecule has 0 saturated carbocycles. The van der Waals surface area contributed by atoms with Crippen LogP contribution in [-0.4, -0.2) is 86.5 Å². The van der Waals surface area contributed by atoms with Crippen LogP contribution in [0.25, 0.3) is 0 Å². The molecule has 1 aromatic carbocycles. The summed E-state index contributed by atoms with van der Waals surface area (Å²) in [7, 11) is 1.19. The summed E-state index contributed by atoms with van der Waals surface area (Å²) in [5.41, 5.74) is 1.68. The quantitative estimate of drug-likeness (QED) is 0.198. The molecule has 1 aromatic rings. The standard InChI is InChI=1S/C23H28N2O11/c1-7-4-11(8(2)27)24-22(25-33)9(7)5-10-13-14(17(30)20(34-3)15(10)28)19-21(36-23(13)32)18(31)16(29)12(6-26)35-19/h4,7,9,12,16,18-19,21,26,28-31,33H,5-6H2,1-3H3,(H,24,25)/t7?,9?,12-,16-,18+,19+,21-/m1/s1. The molecule has 13 nitrogen and oxygen atoms in total. The number of fused-ring (bicyclic) bond motifs is 3. The van der Waals surface area contributed by atoms with E-state index in [9.17, 15) is 40.3 Å². The fraction of sp³-hybridized carbons (Fsp3) is 0.522. The number of ether oxygens (including phenoxy) is 3. The smallest absolute Gasteiger partial charge is 0.339 e. The number of carbonyl (C=O) groups excluding carboxylic acids is 2. The number of Topliss-reactive ketones (excluding diaryl/α,β-unsaturated/α-hetero) is 1. The minimum atomic E-state index is -1.63. The van der Waals surface area contributed by atoms with Crippen molar-refractivity contribution in [2.75, 3.05) is 13.7 Å². The van der Waals surface area contributed by atoms with Gasteiger partial charge in [0.1, 0.15) is 35.9 Å². The van der Waals surface area contributed by atoms with Crippen LogP contribution in [0.1, 0.15) is 41.4 Å². The van der Waals surface area contributed by atoms with Crippen LogP contribution in [-0.2, 0) is 20.7 Å². The van der Waals surface area contributed by atoms with Crippen LogP contribution in [0.2, 0.25) is 0 Å². The first-order valence-electron chi connectivity index (χ1n) is 11.2. The lowest BCUT2D eigenvalue weighted by molar-refractivity contribution is -0.235. The molecule has 0 bridgehead atoms. The van der Waals surface area contributed by atoms with Crippen molar-refractivity contribution in [3.63, 3.8) is 0 Å². The number of aliphatic hydroxyl groups is 3. The Morgan fingerprint density at radius 3 is 2.50 bits per heavy atom. The number of aliphatic imine (C=N–C) groups is 1. The number of amidine groups is 1.